The Morgan fingerprint density at radius 2 is 1.82 bits per heavy atom. The van der Waals surface area contributed by atoms with Gasteiger partial charge < -0.3 is 4.84 Å². The van der Waals surface area contributed by atoms with Crippen LogP contribution in [-0.4, -0.2) is 24.1 Å². The molecule has 0 saturated carbocycles. The molecule has 0 aliphatic rings. The van der Waals surface area contributed by atoms with Crippen molar-refractivity contribution in [1.29, 1.82) is 0 Å². The van der Waals surface area contributed by atoms with Crippen LogP contribution in [0.15, 0.2) is 0 Å². The molecule has 0 heterocycles. The molecule has 0 spiro atoms. The van der Waals surface area contributed by atoms with Gasteiger partial charge in [0.1, 0.15) is 0 Å². The molecular weight excluding hydrogens is 142 g/mol. The second-order valence-electron chi connectivity index (χ2n) is 2.68. The van der Waals surface area contributed by atoms with Gasteiger partial charge in [-0.1, -0.05) is 13.8 Å². The summed E-state index contributed by atoms with van der Waals surface area (Å²) in [5.74, 6) is -0.204. The average Bonchev–Trinajstić information content (AvgIpc) is 1.99. The summed E-state index contributed by atoms with van der Waals surface area (Å²) in [6, 6.07) is 0. The zero-order chi connectivity index (χ0) is 8.85. The van der Waals surface area contributed by atoms with Crippen LogP contribution in [0.2, 0.25) is 0 Å². The highest BCUT2D eigenvalue weighted by Gasteiger charge is 2.11. The lowest BCUT2D eigenvalue weighted by molar-refractivity contribution is -0.192. The fourth-order valence-electron chi connectivity index (χ4n) is 0.585. The van der Waals surface area contributed by atoms with E-state index in [0.29, 0.717) is 0 Å². The molecule has 0 aliphatic carbocycles. The van der Waals surface area contributed by atoms with Gasteiger partial charge in [-0.05, 0) is 13.8 Å². The fourth-order valence-corrected chi connectivity index (χ4v) is 0.585. The second kappa shape index (κ2) is 5.13. The van der Waals surface area contributed by atoms with Crippen molar-refractivity contribution in [2.75, 3.05) is 13.1 Å². The molecule has 0 aromatic heterocycles. The van der Waals surface area contributed by atoms with Gasteiger partial charge in [-0.25, -0.2) is 0 Å². The minimum atomic E-state index is -0.159. The summed E-state index contributed by atoms with van der Waals surface area (Å²) in [4.78, 5) is 16.0. The van der Waals surface area contributed by atoms with E-state index in [1.54, 1.807) is 5.06 Å². The summed E-state index contributed by atoms with van der Waals surface area (Å²) in [7, 11) is 0. The standard InChI is InChI=1S/C8H17NO2/c1-5-9(6-2)11-8(10)7(3)4/h7H,5-6H2,1-4H3. The van der Waals surface area contributed by atoms with Crippen molar-refractivity contribution in [2.45, 2.75) is 27.7 Å². The summed E-state index contributed by atoms with van der Waals surface area (Å²) >= 11 is 0. The second-order valence-corrected chi connectivity index (χ2v) is 2.68. The first-order valence-electron chi connectivity index (χ1n) is 4.08. The first kappa shape index (κ1) is 10.4. The van der Waals surface area contributed by atoms with E-state index >= 15 is 0 Å². The lowest BCUT2D eigenvalue weighted by Crippen LogP contribution is -2.28. The first-order chi connectivity index (χ1) is 5.11. The van der Waals surface area contributed by atoms with Gasteiger partial charge in [0.15, 0.2) is 0 Å². The average molecular weight is 159 g/mol. The van der Waals surface area contributed by atoms with Crippen molar-refractivity contribution in [2.24, 2.45) is 5.92 Å². The molecule has 0 bridgehead atoms. The zero-order valence-electron chi connectivity index (χ0n) is 7.76. The Bertz CT molecular complexity index is 119. The normalized spacial score (nSPS) is 10.7. The van der Waals surface area contributed by atoms with E-state index in [2.05, 4.69) is 0 Å². The van der Waals surface area contributed by atoms with Crippen LogP contribution in [0.4, 0.5) is 0 Å². The molecule has 0 rings (SSSR count). The summed E-state index contributed by atoms with van der Waals surface area (Å²) in [6.45, 7) is 9.05. The Balaban J connectivity index is 3.72. The highest BCUT2D eigenvalue weighted by molar-refractivity contribution is 5.71. The van der Waals surface area contributed by atoms with Crippen molar-refractivity contribution in [1.82, 2.24) is 5.06 Å². The Labute approximate surface area is 68.3 Å². The van der Waals surface area contributed by atoms with Gasteiger partial charge in [-0.3, -0.25) is 4.79 Å². The number of nitrogens with zero attached hydrogens (tertiary/aromatic N) is 1. The van der Waals surface area contributed by atoms with Crippen LogP contribution in [-0.2, 0) is 9.63 Å². The number of rotatable bonds is 4. The number of hydrogen-bond acceptors (Lipinski definition) is 3. The molecule has 0 fully saturated rings. The van der Waals surface area contributed by atoms with Crippen LogP contribution < -0.4 is 0 Å². The van der Waals surface area contributed by atoms with Crippen LogP contribution in [0.3, 0.4) is 0 Å². The van der Waals surface area contributed by atoms with Crippen LogP contribution >= 0.6 is 0 Å². The van der Waals surface area contributed by atoms with Crippen LogP contribution in [0.5, 0.6) is 0 Å². The largest absolute Gasteiger partial charge is 0.368 e. The summed E-state index contributed by atoms with van der Waals surface area (Å²) in [5, 5.41) is 1.64. The lowest BCUT2D eigenvalue weighted by Gasteiger charge is -2.18. The molecular formula is C8H17NO2. The molecule has 0 saturated heterocycles. The van der Waals surface area contributed by atoms with Gasteiger partial charge in [0, 0.05) is 13.1 Å². The van der Waals surface area contributed by atoms with Crippen molar-refractivity contribution < 1.29 is 9.63 Å². The van der Waals surface area contributed by atoms with E-state index in [4.69, 9.17) is 4.84 Å². The number of carbonyl (C=O) groups excluding carboxylic acids is 1. The summed E-state index contributed by atoms with van der Waals surface area (Å²) in [5.41, 5.74) is 0. The maximum atomic E-state index is 11.0. The minimum absolute atomic E-state index is 0.0457. The molecule has 0 atom stereocenters. The Kier molecular flexibility index (Phi) is 4.86. The highest BCUT2D eigenvalue weighted by atomic mass is 16.7. The van der Waals surface area contributed by atoms with Crippen LogP contribution in [0.1, 0.15) is 27.7 Å². The maximum absolute atomic E-state index is 11.0. The Morgan fingerprint density at radius 3 is 2.09 bits per heavy atom. The molecule has 0 N–H and O–H groups in total. The third-order valence-corrected chi connectivity index (χ3v) is 1.40. The molecule has 3 nitrogen and oxygen atoms in total. The first-order valence-corrected chi connectivity index (χ1v) is 4.08. The highest BCUT2D eigenvalue weighted by Crippen LogP contribution is 1.98. The molecule has 0 aliphatic heterocycles. The Morgan fingerprint density at radius 1 is 1.36 bits per heavy atom. The molecule has 3 heteroatoms. The number of hydroxylamine groups is 2. The quantitative estimate of drug-likeness (QED) is 0.581. The van der Waals surface area contributed by atoms with E-state index in [1.165, 1.54) is 0 Å². The van der Waals surface area contributed by atoms with Gasteiger partial charge in [0.25, 0.3) is 0 Å². The topological polar surface area (TPSA) is 29.5 Å². The minimum Gasteiger partial charge on any atom is -0.368 e. The molecule has 0 aromatic carbocycles. The molecule has 0 unspecified atom stereocenters. The maximum Gasteiger partial charge on any atom is 0.327 e. The van der Waals surface area contributed by atoms with E-state index in [-0.39, 0.29) is 11.9 Å². The van der Waals surface area contributed by atoms with Gasteiger partial charge in [-0.15, -0.1) is 5.06 Å². The van der Waals surface area contributed by atoms with Crippen LogP contribution in [0.25, 0.3) is 0 Å². The van der Waals surface area contributed by atoms with Crippen molar-refractivity contribution in [3.05, 3.63) is 0 Å². The molecule has 0 aromatic rings. The monoisotopic (exact) mass is 159 g/mol. The van der Waals surface area contributed by atoms with Gasteiger partial charge in [0.05, 0.1) is 5.92 Å². The zero-order valence-corrected chi connectivity index (χ0v) is 7.76. The lowest BCUT2D eigenvalue weighted by atomic mass is 10.2. The van der Waals surface area contributed by atoms with E-state index in [1.807, 2.05) is 27.7 Å². The van der Waals surface area contributed by atoms with Gasteiger partial charge in [-0.2, -0.15) is 0 Å². The van der Waals surface area contributed by atoms with E-state index in [0.717, 1.165) is 13.1 Å². The van der Waals surface area contributed by atoms with Crippen molar-refractivity contribution in [3.63, 3.8) is 0 Å². The molecule has 66 valence electrons. The Hall–Kier alpha value is -0.570. The fraction of sp³-hybridized carbons (Fsp3) is 0.875. The van der Waals surface area contributed by atoms with E-state index < -0.39 is 0 Å². The third kappa shape index (κ3) is 3.98. The van der Waals surface area contributed by atoms with E-state index in [9.17, 15) is 4.79 Å². The number of carbonyl (C=O) groups is 1. The third-order valence-electron chi connectivity index (χ3n) is 1.40. The van der Waals surface area contributed by atoms with Crippen LogP contribution in [0, 0.1) is 5.92 Å². The van der Waals surface area contributed by atoms with Crippen molar-refractivity contribution >= 4 is 5.97 Å². The SMILES string of the molecule is CCN(CC)OC(=O)C(C)C. The van der Waals surface area contributed by atoms with Crippen molar-refractivity contribution in [3.8, 4) is 0 Å². The summed E-state index contributed by atoms with van der Waals surface area (Å²) in [6.07, 6.45) is 0. The molecule has 11 heavy (non-hydrogen) atoms. The smallest absolute Gasteiger partial charge is 0.327 e. The number of hydrogen-bond donors (Lipinski definition) is 0. The molecule has 0 radical (unpaired) electrons. The predicted octanol–water partition coefficient (Wildman–Crippen LogP) is 1.44. The van der Waals surface area contributed by atoms with Gasteiger partial charge in [0.2, 0.25) is 0 Å². The molecule has 0 amide bonds. The summed E-state index contributed by atoms with van der Waals surface area (Å²) < 4.78 is 0. The predicted molar refractivity (Wildman–Crippen MR) is 43.9 cm³/mol. The van der Waals surface area contributed by atoms with Gasteiger partial charge >= 0.3 is 5.97 Å².